The lowest BCUT2D eigenvalue weighted by molar-refractivity contribution is -0.136. The molecule has 2 N–H and O–H groups in total. The molecule has 2 amide bonds. The molecule has 3 rings (SSSR count). The second-order valence-corrected chi connectivity index (χ2v) is 6.35. The summed E-state index contributed by atoms with van der Waals surface area (Å²) in [5.74, 6) is -2.09. The summed E-state index contributed by atoms with van der Waals surface area (Å²) in [4.78, 5) is 35.9. The first-order chi connectivity index (χ1) is 15.4. The van der Waals surface area contributed by atoms with Crippen LogP contribution >= 0.6 is 0 Å². The lowest BCUT2D eigenvalue weighted by atomic mass is 10.2. The molecule has 0 saturated heterocycles. The van der Waals surface area contributed by atoms with Crippen molar-refractivity contribution < 1.29 is 28.2 Å². The van der Waals surface area contributed by atoms with Crippen molar-refractivity contribution >= 4 is 29.7 Å². The molecule has 8 nitrogen and oxygen atoms in total. The molecular formula is C23H18FN3O5. The molecule has 0 atom stereocenters. The van der Waals surface area contributed by atoms with E-state index in [0.717, 1.165) is 12.1 Å². The van der Waals surface area contributed by atoms with Gasteiger partial charge >= 0.3 is 17.8 Å². The number of ether oxygens (including phenoxy) is 2. The molecule has 0 aliphatic carbocycles. The van der Waals surface area contributed by atoms with E-state index in [4.69, 9.17) is 9.47 Å². The van der Waals surface area contributed by atoms with Crippen molar-refractivity contribution in [3.63, 3.8) is 0 Å². The molecule has 3 aromatic carbocycles. The molecule has 0 spiro atoms. The van der Waals surface area contributed by atoms with E-state index in [0.29, 0.717) is 16.9 Å². The summed E-state index contributed by atoms with van der Waals surface area (Å²) in [5.41, 5.74) is 3.22. The van der Waals surface area contributed by atoms with Crippen molar-refractivity contribution in [1.82, 2.24) is 5.43 Å². The highest BCUT2D eigenvalue weighted by atomic mass is 19.1. The maximum Gasteiger partial charge on any atom is 0.343 e. The minimum Gasteiger partial charge on any atom is -0.497 e. The molecule has 0 aliphatic heterocycles. The third-order valence-corrected chi connectivity index (χ3v) is 4.08. The summed E-state index contributed by atoms with van der Waals surface area (Å²) < 4.78 is 23.3. The van der Waals surface area contributed by atoms with Crippen LogP contribution in [0.3, 0.4) is 0 Å². The number of halogens is 1. The van der Waals surface area contributed by atoms with Gasteiger partial charge in [-0.3, -0.25) is 9.59 Å². The Hall–Kier alpha value is -4.53. The van der Waals surface area contributed by atoms with Crippen LogP contribution in [0.5, 0.6) is 11.5 Å². The quantitative estimate of drug-likeness (QED) is 0.203. The van der Waals surface area contributed by atoms with E-state index in [1.807, 2.05) is 0 Å². The minimum atomic E-state index is -1.01. The molecule has 0 aliphatic rings. The molecule has 0 unspecified atom stereocenters. The van der Waals surface area contributed by atoms with Crippen molar-refractivity contribution in [3.05, 3.63) is 89.7 Å². The Kier molecular flexibility index (Phi) is 7.26. The molecule has 0 radical (unpaired) electrons. The number of anilines is 1. The second-order valence-electron chi connectivity index (χ2n) is 6.35. The predicted molar refractivity (Wildman–Crippen MR) is 115 cm³/mol. The summed E-state index contributed by atoms with van der Waals surface area (Å²) in [6, 6.07) is 17.8. The number of benzene rings is 3. The number of esters is 1. The standard InChI is InChI=1S/C23H18FN3O5/c1-31-19-11-5-16(6-12-19)23(30)32-20-4-2-3-15(13-20)14-25-27-22(29)21(28)26-18-9-7-17(24)8-10-18/h2-14H,1H3,(H,26,28)(H,27,29)/b25-14+. The predicted octanol–water partition coefficient (Wildman–Crippen LogP) is 3.14. The number of rotatable bonds is 6. The van der Waals surface area contributed by atoms with E-state index in [1.165, 1.54) is 31.5 Å². The van der Waals surface area contributed by atoms with Gasteiger partial charge in [0, 0.05) is 5.69 Å². The molecule has 0 fully saturated rings. The van der Waals surface area contributed by atoms with Gasteiger partial charge in [-0.2, -0.15) is 5.10 Å². The zero-order valence-electron chi connectivity index (χ0n) is 16.9. The zero-order chi connectivity index (χ0) is 22.9. The monoisotopic (exact) mass is 435 g/mol. The Labute approximate surface area is 182 Å². The van der Waals surface area contributed by atoms with Gasteiger partial charge in [-0.25, -0.2) is 14.6 Å². The van der Waals surface area contributed by atoms with Crippen LogP contribution < -0.4 is 20.2 Å². The van der Waals surface area contributed by atoms with Gasteiger partial charge in [0.15, 0.2) is 0 Å². The minimum absolute atomic E-state index is 0.266. The second kappa shape index (κ2) is 10.5. The van der Waals surface area contributed by atoms with Gasteiger partial charge in [0.05, 0.1) is 18.9 Å². The first-order valence-electron chi connectivity index (χ1n) is 9.31. The number of methoxy groups -OCH3 is 1. The topological polar surface area (TPSA) is 106 Å². The van der Waals surface area contributed by atoms with Gasteiger partial charge in [-0.15, -0.1) is 0 Å². The highest BCUT2D eigenvalue weighted by Crippen LogP contribution is 2.16. The van der Waals surface area contributed by atoms with E-state index >= 15 is 0 Å². The summed E-state index contributed by atoms with van der Waals surface area (Å²) in [6.07, 6.45) is 1.29. The largest absolute Gasteiger partial charge is 0.497 e. The lowest BCUT2D eigenvalue weighted by Crippen LogP contribution is -2.32. The average molecular weight is 435 g/mol. The molecule has 162 valence electrons. The third kappa shape index (κ3) is 6.23. The van der Waals surface area contributed by atoms with Crippen molar-refractivity contribution in [2.45, 2.75) is 0 Å². The molecule has 0 saturated carbocycles. The van der Waals surface area contributed by atoms with E-state index in [1.54, 1.807) is 42.5 Å². The van der Waals surface area contributed by atoms with Crippen LogP contribution in [0.25, 0.3) is 0 Å². The number of nitrogens with one attached hydrogen (secondary N) is 2. The number of nitrogens with zero attached hydrogens (tertiary/aromatic N) is 1. The lowest BCUT2D eigenvalue weighted by Gasteiger charge is -2.06. The molecule has 9 heteroatoms. The first-order valence-corrected chi connectivity index (χ1v) is 9.31. The Morgan fingerprint density at radius 3 is 2.31 bits per heavy atom. The number of carbonyl (C=O) groups excluding carboxylic acids is 3. The molecule has 0 heterocycles. The molecular weight excluding hydrogens is 417 g/mol. The van der Waals surface area contributed by atoms with Gasteiger partial charge in [-0.05, 0) is 66.2 Å². The molecule has 0 bridgehead atoms. The van der Waals surface area contributed by atoms with Crippen LogP contribution in [-0.4, -0.2) is 31.1 Å². The number of hydrogen-bond donors (Lipinski definition) is 2. The van der Waals surface area contributed by atoms with Crippen LogP contribution in [0.1, 0.15) is 15.9 Å². The van der Waals surface area contributed by atoms with E-state index in [2.05, 4.69) is 15.8 Å². The summed E-state index contributed by atoms with van der Waals surface area (Å²) in [5, 5.41) is 6.03. The van der Waals surface area contributed by atoms with Gasteiger partial charge < -0.3 is 14.8 Å². The van der Waals surface area contributed by atoms with Crippen molar-refractivity contribution in [2.75, 3.05) is 12.4 Å². The highest BCUT2D eigenvalue weighted by Gasteiger charge is 2.13. The number of carbonyl (C=O) groups is 3. The van der Waals surface area contributed by atoms with Gasteiger partial charge in [-0.1, -0.05) is 12.1 Å². The third-order valence-electron chi connectivity index (χ3n) is 4.08. The maximum absolute atomic E-state index is 12.9. The molecule has 0 aromatic heterocycles. The molecule has 32 heavy (non-hydrogen) atoms. The number of hydrazone groups is 1. The van der Waals surface area contributed by atoms with Gasteiger partial charge in [0.1, 0.15) is 17.3 Å². The van der Waals surface area contributed by atoms with Crippen LogP contribution in [-0.2, 0) is 9.59 Å². The van der Waals surface area contributed by atoms with Gasteiger partial charge in [0.25, 0.3) is 0 Å². The van der Waals surface area contributed by atoms with Crippen molar-refractivity contribution in [3.8, 4) is 11.5 Å². The summed E-state index contributed by atoms with van der Waals surface area (Å²) in [7, 11) is 1.53. The fourth-order valence-electron chi connectivity index (χ4n) is 2.49. The Balaban J connectivity index is 1.55. The fraction of sp³-hybridized carbons (Fsp3) is 0.0435. The summed E-state index contributed by atoms with van der Waals surface area (Å²) in [6.45, 7) is 0. The maximum atomic E-state index is 12.9. The fourth-order valence-corrected chi connectivity index (χ4v) is 2.49. The highest BCUT2D eigenvalue weighted by molar-refractivity contribution is 6.39. The summed E-state index contributed by atoms with van der Waals surface area (Å²) >= 11 is 0. The van der Waals surface area contributed by atoms with E-state index < -0.39 is 23.6 Å². The van der Waals surface area contributed by atoms with Crippen LogP contribution in [0, 0.1) is 5.82 Å². The van der Waals surface area contributed by atoms with Crippen LogP contribution in [0.2, 0.25) is 0 Å². The SMILES string of the molecule is COc1ccc(C(=O)Oc2cccc(/C=N/NC(=O)C(=O)Nc3ccc(F)cc3)c2)cc1. The smallest absolute Gasteiger partial charge is 0.343 e. The van der Waals surface area contributed by atoms with Crippen LogP contribution in [0.4, 0.5) is 10.1 Å². The van der Waals surface area contributed by atoms with Crippen LogP contribution in [0.15, 0.2) is 77.9 Å². The average Bonchev–Trinajstić information content (AvgIpc) is 2.80. The first kappa shape index (κ1) is 22.2. The van der Waals surface area contributed by atoms with E-state index in [-0.39, 0.29) is 11.4 Å². The van der Waals surface area contributed by atoms with E-state index in [9.17, 15) is 18.8 Å². The van der Waals surface area contributed by atoms with Gasteiger partial charge in [0.2, 0.25) is 0 Å². The number of hydrogen-bond acceptors (Lipinski definition) is 6. The Bertz CT molecular complexity index is 1150. The normalized spacial score (nSPS) is 10.4. The van der Waals surface area contributed by atoms with Crippen molar-refractivity contribution in [2.24, 2.45) is 5.10 Å². The zero-order valence-corrected chi connectivity index (χ0v) is 16.9. The Morgan fingerprint density at radius 2 is 1.62 bits per heavy atom. The number of amides is 2. The molecule has 3 aromatic rings. The Morgan fingerprint density at radius 1 is 0.906 bits per heavy atom. The van der Waals surface area contributed by atoms with Crippen molar-refractivity contribution in [1.29, 1.82) is 0 Å².